The largest absolute Gasteiger partial charge is 0.309 e. The highest BCUT2D eigenvalue weighted by Gasteiger charge is 2.19. The zero-order chi connectivity index (χ0) is 37.0. The summed E-state index contributed by atoms with van der Waals surface area (Å²) in [4.78, 5) is 19.7. The molecule has 4 heterocycles. The second kappa shape index (κ2) is 13.0. The molecule has 0 saturated heterocycles. The van der Waals surface area contributed by atoms with Gasteiger partial charge < -0.3 is 4.57 Å². The molecule has 6 nitrogen and oxygen atoms in total. The van der Waals surface area contributed by atoms with Crippen molar-refractivity contribution in [1.82, 2.24) is 29.1 Å². The maximum atomic E-state index is 4.98. The summed E-state index contributed by atoms with van der Waals surface area (Å²) >= 11 is 0. The van der Waals surface area contributed by atoms with E-state index in [2.05, 4.69) is 124 Å². The number of pyridine rings is 1. The van der Waals surface area contributed by atoms with E-state index in [1.807, 2.05) is 79.0 Å². The Morgan fingerprint density at radius 3 is 1.57 bits per heavy atom. The van der Waals surface area contributed by atoms with Crippen molar-refractivity contribution in [3.8, 4) is 56.7 Å². The lowest BCUT2D eigenvalue weighted by Crippen LogP contribution is -2.00. The van der Waals surface area contributed by atoms with E-state index in [0.29, 0.717) is 17.5 Å². The Morgan fingerprint density at radius 1 is 0.339 bits per heavy atom. The highest BCUT2D eigenvalue weighted by atomic mass is 15.0. The van der Waals surface area contributed by atoms with Gasteiger partial charge in [-0.1, -0.05) is 121 Å². The van der Waals surface area contributed by atoms with Crippen molar-refractivity contribution in [1.29, 1.82) is 0 Å². The molecule has 6 heteroatoms. The molecule has 0 unspecified atom stereocenters. The van der Waals surface area contributed by atoms with E-state index < -0.39 is 0 Å². The predicted octanol–water partition coefficient (Wildman–Crippen LogP) is 12.1. The molecule has 4 aromatic heterocycles. The van der Waals surface area contributed by atoms with Gasteiger partial charge in [0.1, 0.15) is 5.65 Å². The van der Waals surface area contributed by atoms with Crippen LogP contribution in [0.25, 0.3) is 100 Å². The predicted molar refractivity (Wildman–Crippen MR) is 228 cm³/mol. The molecule has 0 N–H and O–H groups in total. The molecule has 0 amide bonds. The summed E-state index contributed by atoms with van der Waals surface area (Å²) in [7, 11) is 0. The number of para-hydroxylation sites is 3. The van der Waals surface area contributed by atoms with Crippen molar-refractivity contribution >= 4 is 43.7 Å². The first-order valence-corrected chi connectivity index (χ1v) is 18.7. The fraction of sp³-hybridized carbons (Fsp3) is 0. The molecule has 0 atom stereocenters. The summed E-state index contributed by atoms with van der Waals surface area (Å²) in [5, 5.41) is 4.70. The van der Waals surface area contributed by atoms with Gasteiger partial charge in [-0.05, 0) is 72.3 Å². The van der Waals surface area contributed by atoms with Crippen LogP contribution in [0.4, 0.5) is 0 Å². The Balaban J connectivity index is 1.08. The molecular weight excluding hydrogens is 685 g/mol. The Labute approximate surface area is 322 Å². The third-order valence-electron chi connectivity index (χ3n) is 10.6. The van der Waals surface area contributed by atoms with Crippen LogP contribution in [0.15, 0.2) is 194 Å². The number of rotatable bonds is 6. The lowest BCUT2D eigenvalue weighted by Gasteiger charge is -2.13. The van der Waals surface area contributed by atoms with Crippen molar-refractivity contribution in [2.24, 2.45) is 0 Å². The zero-order valence-electron chi connectivity index (χ0n) is 30.2. The lowest BCUT2D eigenvalue weighted by molar-refractivity contribution is 1.07. The highest BCUT2D eigenvalue weighted by Crippen LogP contribution is 2.40. The number of aromatic nitrogens is 6. The van der Waals surface area contributed by atoms with E-state index in [-0.39, 0.29) is 0 Å². The molecule has 0 spiro atoms. The van der Waals surface area contributed by atoms with Crippen molar-refractivity contribution in [3.63, 3.8) is 0 Å². The first kappa shape index (κ1) is 31.8. The summed E-state index contributed by atoms with van der Waals surface area (Å²) in [6.45, 7) is 0. The maximum Gasteiger partial charge on any atom is 0.164 e. The first-order chi connectivity index (χ1) is 27.8. The van der Waals surface area contributed by atoms with Crippen LogP contribution in [-0.4, -0.2) is 29.1 Å². The van der Waals surface area contributed by atoms with Gasteiger partial charge in [-0.15, -0.1) is 0 Å². The number of hydrogen-bond acceptors (Lipinski definition) is 4. The molecule has 11 aromatic rings. The normalized spacial score (nSPS) is 11.6. The minimum absolute atomic E-state index is 0.629. The molecule has 262 valence electrons. The van der Waals surface area contributed by atoms with Crippen molar-refractivity contribution in [2.75, 3.05) is 0 Å². The second-order valence-electron chi connectivity index (χ2n) is 13.9. The van der Waals surface area contributed by atoms with Gasteiger partial charge >= 0.3 is 0 Å². The number of fused-ring (bicyclic) bond motifs is 6. The minimum atomic E-state index is 0.629. The van der Waals surface area contributed by atoms with E-state index in [1.54, 1.807) is 0 Å². The van der Waals surface area contributed by atoms with Gasteiger partial charge in [0.2, 0.25) is 0 Å². The fourth-order valence-corrected chi connectivity index (χ4v) is 8.07. The van der Waals surface area contributed by atoms with Crippen molar-refractivity contribution in [3.05, 3.63) is 194 Å². The Morgan fingerprint density at radius 2 is 0.875 bits per heavy atom. The van der Waals surface area contributed by atoms with Gasteiger partial charge in [0.25, 0.3) is 0 Å². The Bertz CT molecular complexity index is 3160. The van der Waals surface area contributed by atoms with Crippen molar-refractivity contribution in [2.45, 2.75) is 0 Å². The SMILES string of the molecule is c1ccc(-c2nc(-c3ccccc3)nc(-c3ccc(-n4c5ccccc5c5cccc(-c6ccc7c(c6)c6cccnc6n7-c6ccccc6)c54)cc3)n2)cc1. The molecule has 0 fully saturated rings. The van der Waals surface area contributed by atoms with Crippen LogP contribution in [0.2, 0.25) is 0 Å². The summed E-state index contributed by atoms with van der Waals surface area (Å²) in [5.41, 5.74) is 11.6. The molecule has 0 saturated carbocycles. The van der Waals surface area contributed by atoms with Crippen LogP contribution in [0.1, 0.15) is 0 Å². The van der Waals surface area contributed by atoms with Crippen LogP contribution in [0.5, 0.6) is 0 Å². The van der Waals surface area contributed by atoms with E-state index in [0.717, 1.165) is 66.8 Å². The molecule has 56 heavy (non-hydrogen) atoms. The fourth-order valence-electron chi connectivity index (χ4n) is 8.07. The maximum absolute atomic E-state index is 4.98. The Hall–Kier alpha value is -7.70. The molecule has 11 rings (SSSR count). The van der Waals surface area contributed by atoms with Gasteiger partial charge in [-0.3, -0.25) is 4.57 Å². The average molecular weight is 717 g/mol. The van der Waals surface area contributed by atoms with Crippen LogP contribution >= 0.6 is 0 Å². The molecule has 0 aliphatic carbocycles. The number of benzene rings is 7. The van der Waals surface area contributed by atoms with Crippen molar-refractivity contribution < 1.29 is 0 Å². The molecule has 0 aliphatic rings. The summed E-state index contributed by atoms with van der Waals surface area (Å²) < 4.78 is 4.65. The molecule has 0 radical (unpaired) electrons. The van der Waals surface area contributed by atoms with Gasteiger partial charge in [0, 0.05) is 61.4 Å². The third kappa shape index (κ3) is 5.19. The molecule has 7 aromatic carbocycles. The van der Waals surface area contributed by atoms with Crippen LogP contribution in [0.3, 0.4) is 0 Å². The highest BCUT2D eigenvalue weighted by molar-refractivity contribution is 6.15. The lowest BCUT2D eigenvalue weighted by atomic mass is 10.00. The molecule has 0 bridgehead atoms. The topological polar surface area (TPSA) is 61.4 Å². The van der Waals surface area contributed by atoms with Gasteiger partial charge in [-0.25, -0.2) is 19.9 Å². The van der Waals surface area contributed by atoms with E-state index >= 15 is 0 Å². The van der Waals surface area contributed by atoms with Gasteiger partial charge in [-0.2, -0.15) is 0 Å². The smallest absolute Gasteiger partial charge is 0.164 e. The standard InChI is InChI=1S/C50H32N6/c1-4-14-33(15-5-1)47-52-48(34-16-6-2-7-17-34)54-49(53-47)35-25-28-38(29-26-35)55-44-24-11-10-20-40(44)41-22-12-21-39(46(41)55)36-27-30-45-43(32-36)42-23-13-31-51-50(42)56(45)37-18-8-3-9-19-37/h1-32H. The van der Waals surface area contributed by atoms with Crippen LogP contribution in [-0.2, 0) is 0 Å². The number of nitrogens with zero attached hydrogens (tertiary/aromatic N) is 6. The third-order valence-corrected chi connectivity index (χ3v) is 10.6. The number of hydrogen-bond donors (Lipinski definition) is 0. The summed E-state index contributed by atoms with van der Waals surface area (Å²) in [5.74, 6) is 1.92. The van der Waals surface area contributed by atoms with E-state index in [9.17, 15) is 0 Å². The quantitative estimate of drug-likeness (QED) is 0.172. The van der Waals surface area contributed by atoms with Gasteiger partial charge in [0.15, 0.2) is 17.5 Å². The monoisotopic (exact) mass is 716 g/mol. The van der Waals surface area contributed by atoms with Crippen LogP contribution in [0, 0.1) is 0 Å². The van der Waals surface area contributed by atoms with Crippen LogP contribution < -0.4 is 0 Å². The summed E-state index contributed by atoms with van der Waals surface area (Å²) in [6, 6.07) is 65.5. The van der Waals surface area contributed by atoms with E-state index in [4.69, 9.17) is 19.9 Å². The minimum Gasteiger partial charge on any atom is -0.309 e. The van der Waals surface area contributed by atoms with Gasteiger partial charge in [0.05, 0.1) is 16.6 Å². The summed E-state index contributed by atoms with van der Waals surface area (Å²) in [6.07, 6.45) is 1.87. The average Bonchev–Trinajstić information content (AvgIpc) is 3.80. The zero-order valence-corrected chi connectivity index (χ0v) is 30.2. The first-order valence-electron chi connectivity index (χ1n) is 18.7. The second-order valence-corrected chi connectivity index (χ2v) is 13.9. The Kier molecular flexibility index (Phi) is 7.38. The van der Waals surface area contributed by atoms with E-state index in [1.165, 1.54) is 16.2 Å². The molecule has 0 aliphatic heterocycles. The molecular formula is C50H32N6.